The summed E-state index contributed by atoms with van der Waals surface area (Å²) in [6.45, 7) is 6.23. The van der Waals surface area contributed by atoms with Crippen LogP contribution in [0.1, 0.15) is 44.1 Å². The van der Waals surface area contributed by atoms with Crippen LogP contribution in [0.4, 0.5) is 5.82 Å². The van der Waals surface area contributed by atoms with E-state index in [1.807, 2.05) is 19.9 Å². The Morgan fingerprint density at radius 1 is 1.03 bits per heavy atom. The predicted molar refractivity (Wildman–Crippen MR) is 119 cm³/mol. The van der Waals surface area contributed by atoms with Gasteiger partial charge in [0.25, 0.3) is 0 Å². The third kappa shape index (κ3) is 3.96. The van der Waals surface area contributed by atoms with Crippen LogP contribution in [-0.2, 0) is 19.4 Å². The van der Waals surface area contributed by atoms with Crippen molar-refractivity contribution in [3.63, 3.8) is 0 Å². The van der Waals surface area contributed by atoms with Crippen LogP contribution in [0.3, 0.4) is 0 Å². The molecule has 0 saturated carbocycles. The van der Waals surface area contributed by atoms with Crippen LogP contribution in [0.5, 0.6) is 0 Å². The number of anilines is 1. The molecule has 0 unspecified atom stereocenters. The summed E-state index contributed by atoms with van der Waals surface area (Å²) in [4.78, 5) is 9.45. The van der Waals surface area contributed by atoms with Crippen molar-refractivity contribution in [3.8, 4) is 0 Å². The fraction of sp³-hybridized carbons (Fsp3) is 0.333. The SMILES string of the molecule is CCCc1nc2c(N)nc3cc(Cc4ccccc4)ccc3c2n1CC(C)(C)O. The number of nitrogens with zero attached hydrogens (tertiary/aromatic N) is 3. The molecule has 0 aliphatic rings. The average molecular weight is 389 g/mol. The monoisotopic (exact) mass is 388 g/mol. The lowest BCUT2D eigenvalue weighted by Crippen LogP contribution is -2.27. The molecule has 29 heavy (non-hydrogen) atoms. The largest absolute Gasteiger partial charge is 0.389 e. The van der Waals surface area contributed by atoms with Crippen molar-refractivity contribution in [1.82, 2.24) is 14.5 Å². The molecular weight excluding hydrogens is 360 g/mol. The zero-order valence-electron chi connectivity index (χ0n) is 17.3. The number of hydrogen-bond acceptors (Lipinski definition) is 4. The predicted octanol–water partition coefficient (Wildman–Crippen LogP) is 4.48. The molecule has 2 aromatic heterocycles. The number of aromatic nitrogens is 3. The molecule has 0 spiro atoms. The number of rotatable bonds is 6. The summed E-state index contributed by atoms with van der Waals surface area (Å²) < 4.78 is 2.12. The van der Waals surface area contributed by atoms with Gasteiger partial charge >= 0.3 is 0 Å². The average Bonchev–Trinajstić information content (AvgIpc) is 3.00. The fourth-order valence-electron chi connectivity index (χ4n) is 3.92. The highest BCUT2D eigenvalue weighted by Gasteiger charge is 2.22. The zero-order chi connectivity index (χ0) is 20.6. The third-order valence-electron chi connectivity index (χ3n) is 5.12. The molecule has 0 atom stereocenters. The maximum absolute atomic E-state index is 10.5. The topological polar surface area (TPSA) is 77.0 Å². The Hall–Kier alpha value is -2.92. The Kier molecular flexibility index (Phi) is 5.01. The number of hydrogen-bond donors (Lipinski definition) is 2. The minimum Gasteiger partial charge on any atom is -0.389 e. The van der Waals surface area contributed by atoms with E-state index in [4.69, 9.17) is 10.7 Å². The van der Waals surface area contributed by atoms with Crippen molar-refractivity contribution in [2.45, 2.75) is 52.2 Å². The van der Waals surface area contributed by atoms with Gasteiger partial charge in [0, 0.05) is 11.8 Å². The number of nitrogens with two attached hydrogens (primary N) is 1. The Morgan fingerprint density at radius 3 is 2.48 bits per heavy atom. The van der Waals surface area contributed by atoms with Crippen LogP contribution < -0.4 is 5.73 Å². The molecule has 0 saturated heterocycles. The highest BCUT2D eigenvalue weighted by molar-refractivity contribution is 6.06. The summed E-state index contributed by atoms with van der Waals surface area (Å²) in [7, 11) is 0. The van der Waals surface area contributed by atoms with E-state index in [2.05, 4.69) is 58.9 Å². The lowest BCUT2D eigenvalue weighted by molar-refractivity contribution is 0.0618. The van der Waals surface area contributed by atoms with Gasteiger partial charge in [-0.1, -0.05) is 49.4 Å². The fourth-order valence-corrected chi connectivity index (χ4v) is 3.92. The molecule has 0 aliphatic heterocycles. The standard InChI is InChI=1S/C24H28N4O/c1-4-8-20-27-21-22(28(20)15-24(2,3)29)18-12-11-17(14-19(18)26-23(21)25)13-16-9-6-5-7-10-16/h5-7,9-12,14,29H,4,8,13,15H2,1-3H3,(H2,25,26). The lowest BCUT2D eigenvalue weighted by atomic mass is 10.0. The van der Waals surface area contributed by atoms with Crippen LogP contribution >= 0.6 is 0 Å². The molecule has 0 amide bonds. The number of aliphatic hydroxyl groups is 1. The first-order chi connectivity index (χ1) is 13.9. The van der Waals surface area contributed by atoms with E-state index in [1.165, 1.54) is 11.1 Å². The van der Waals surface area contributed by atoms with Gasteiger partial charge in [-0.2, -0.15) is 0 Å². The van der Waals surface area contributed by atoms with Crippen molar-refractivity contribution in [3.05, 3.63) is 65.5 Å². The summed E-state index contributed by atoms with van der Waals surface area (Å²) in [5, 5.41) is 11.5. The highest BCUT2D eigenvalue weighted by atomic mass is 16.3. The minimum absolute atomic E-state index is 0.441. The van der Waals surface area contributed by atoms with Crippen LogP contribution in [-0.4, -0.2) is 25.2 Å². The lowest BCUT2D eigenvalue weighted by Gasteiger charge is -2.20. The molecule has 3 N–H and O–H groups in total. The maximum Gasteiger partial charge on any atom is 0.152 e. The number of benzene rings is 2. The number of pyridine rings is 1. The molecular formula is C24H28N4O. The van der Waals surface area contributed by atoms with Crippen molar-refractivity contribution in [2.24, 2.45) is 0 Å². The van der Waals surface area contributed by atoms with Gasteiger partial charge in [-0.3, -0.25) is 0 Å². The van der Waals surface area contributed by atoms with Gasteiger partial charge in [-0.15, -0.1) is 0 Å². The van der Waals surface area contributed by atoms with E-state index in [0.717, 1.165) is 47.0 Å². The summed E-state index contributed by atoms with van der Waals surface area (Å²) in [5.41, 5.74) is 10.5. The summed E-state index contributed by atoms with van der Waals surface area (Å²) >= 11 is 0. The normalized spacial score (nSPS) is 12.1. The first kappa shape index (κ1) is 19.4. The first-order valence-electron chi connectivity index (χ1n) is 10.2. The van der Waals surface area contributed by atoms with E-state index in [9.17, 15) is 5.11 Å². The molecule has 150 valence electrons. The van der Waals surface area contributed by atoms with Crippen LogP contribution in [0.2, 0.25) is 0 Å². The molecule has 5 heteroatoms. The Bertz CT molecular complexity index is 1160. The van der Waals surface area contributed by atoms with Crippen molar-refractivity contribution < 1.29 is 5.11 Å². The molecule has 5 nitrogen and oxygen atoms in total. The third-order valence-corrected chi connectivity index (χ3v) is 5.12. The van der Waals surface area contributed by atoms with Gasteiger partial charge in [0.1, 0.15) is 11.3 Å². The first-order valence-corrected chi connectivity index (χ1v) is 10.2. The van der Waals surface area contributed by atoms with Gasteiger partial charge < -0.3 is 15.4 Å². The quantitative estimate of drug-likeness (QED) is 0.510. The van der Waals surface area contributed by atoms with E-state index < -0.39 is 5.60 Å². The van der Waals surface area contributed by atoms with E-state index in [0.29, 0.717) is 12.4 Å². The van der Waals surface area contributed by atoms with E-state index >= 15 is 0 Å². The van der Waals surface area contributed by atoms with Gasteiger partial charge in [0.05, 0.1) is 23.2 Å². The molecule has 0 fully saturated rings. The molecule has 0 radical (unpaired) electrons. The Balaban J connectivity index is 1.89. The maximum atomic E-state index is 10.5. The van der Waals surface area contributed by atoms with Crippen molar-refractivity contribution >= 4 is 27.8 Å². The van der Waals surface area contributed by atoms with E-state index in [-0.39, 0.29) is 0 Å². The minimum atomic E-state index is -0.853. The number of nitrogen functional groups attached to an aromatic ring is 1. The molecule has 4 rings (SSSR count). The highest BCUT2D eigenvalue weighted by Crippen LogP contribution is 2.31. The van der Waals surface area contributed by atoms with Crippen LogP contribution in [0.25, 0.3) is 21.9 Å². The van der Waals surface area contributed by atoms with Crippen molar-refractivity contribution in [2.75, 3.05) is 5.73 Å². The molecule has 0 bridgehead atoms. The second kappa shape index (κ2) is 7.48. The second-order valence-electron chi connectivity index (χ2n) is 8.38. The summed E-state index contributed by atoms with van der Waals surface area (Å²) in [5.74, 6) is 1.38. The molecule has 0 aliphatic carbocycles. The number of fused-ring (bicyclic) bond motifs is 3. The summed E-state index contributed by atoms with van der Waals surface area (Å²) in [6, 6.07) is 16.8. The molecule has 2 heterocycles. The number of aryl methyl sites for hydroxylation is 1. The smallest absolute Gasteiger partial charge is 0.152 e. The zero-order valence-corrected chi connectivity index (χ0v) is 17.3. The summed E-state index contributed by atoms with van der Waals surface area (Å²) in [6.07, 6.45) is 2.65. The van der Waals surface area contributed by atoms with E-state index in [1.54, 1.807) is 0 Å². The van der Waals surface area contributed by atoms with Crippen LogP contribution in [0.15, 0.2) is 48.5 Å². The van der Waals surface area contributed by atoms with Crippen LogP contribution in [0, 0.1) is 0 Å². The number of imidazole rings is 1. The van der Waals surface area contributed by atoms with Gasteiger partial charge in [0.2, 0.25) is 0 Å². The Labute approximate surface area is 171 Å². The van der Waals surface area contributed by atoms with Gasteiger partial charge in [-0.05, 0) is 43.9 Å². The molecule has 2 aromatic carbocycles. The van der Waals surface area contributed by atoms with Crippen molar-refractivity contribution in [1.29, 1.82) is 0 Å². The van der Waals surface area contributed by atoms with Gasteiger partial charge in [-0.25, -0.2) is 9.97 Å². The molecule has 4 aromatic rings. The van der Waals surface area contributed by atoms with Gasteiger partial charge in [0.15, 0.2) is 5.82 Å². The second-order valence-corrected chi connectivity index (χ2v) is 8.38. The Morgan fingerprint density at radius 2 is 1.79 bits per heavy atom.